The Bertz CT molecular complexity index is 864. The minimum Gasteiger partial charge on any atom is -0.486 e. The average molecular weight is 395 g/mol. The smallest absolute Gasteiger partial charge is 0.233 e. The van der Waals surface area contributed by atoms with Crippen molar-refractivity contribution < 1.29 is 19.1 Å². The van der Waals surface area contributed by atoms with Crippen LogP contribution < -0.4 is 14.8 Å². The monoisotopic (exact) mass is 395 g/mol. The van der Waals surface area contributed by atoms with E-state index < -0.39 is 0 Å². The molecule has 0 radical (unpaired) electrons. The van der Waals surface area contributed by atoms with Gasteiger partial charge in [-0.1, -0.05) is 30.3 Å². The van der Waals surface area contributed by atoms with Gasteiger partial charge in [-0.15, -0.1) is 0 Å². The molecule has 0 spiro atoms. The highest BCUT2D eigenvalue weighted by molar-refractivity contribution is 6.03. The molecule has 29 heavy (non-hydrogen) atoms. The SMILES string of the molecule is O=C(CC(=O)N1CCN(Cc2ccccc2)CC1)Nc1ccc2c(c1)OCCO2. The molecule has 2 amide bonds. The fourth-order valence-corrected chi connectivity index (χ4v) is 3.57. The second-order valence-corrected chi connectivity index (χ2v) is 7.23. The Morgan fingerprint density at radius 2 is 1.62 bits per heavy atom. The molecule has 1 saturated heterocycles. The molecule has 2 aliphatic rings. The van der Waals surface area contributed by atoms with E-state index in [1.165, 1.54) is 5.56 Å². The third-order valence-electron chi connectivity index (χ3n) is 5.11. The van der Waals surface area contributed by atoms with Crippen molar-refractivity contribution in [3.05, 3.63) is 54.1 Å². The third-order valence-corrected chi connectivity index (χ3v) is 5.11. The minimum atomic E-state index is -0.321. The Morgan fingerprint density at radius 1 is 0.897 bits per heavy atom. The zero-order valence-corrected chi connectivity index (χ0v) is 16.3. The Balaban J connectivity index is 1.24. The van der Waals surface area contributed by atoms with Gasteiger partial charge in [-0.25, -0.2) is 0 Å². The van der Waals surface area contributed by atoms with Crippen LogP contribution in [0.2, 0.25) is 0 Å². The van der Waals surface area contributed by atoms with Crippen molar-refractivity contribution in [2.45, 2.75) is 13.0 Å². The van der Waals surface area contributed by atoms with Gasteiger partial charge in [0.15, 0.2) is 11.5 Å². The summed E-state index contributed by atoms with van der Waals surface area (Å²) in [4.78, 5) is 28.9. The second kappa shape index (κ2) is 8.96. The molecule has 7 nitrogen and oxygen atoms in total. The molecule has 0 bridgehead atoms. The van der Waals surface area contributed by atoms with Crippen LogP contribution in [0.15, 0.2) is 48.5 Å². The number of ether oxygens (including phenoxy) is 2. The van der Waals surface area contributed by atoms with Crippen molar-refractivity contribution in [1.29, 1.82) is 0 Å². The van der Waals surface area contributed by atoms with Crippen molar-refractivity contribution in [2.75, 3.05) is 44.7 Å². The number of piperazine rings is 1. The summed E-state index contributed by atoms with van der Waals surface area (Å²) in [7, 11) is 0. The summed E-state index contributed by atoms with van der Waals surface area (Å²) in [5.74, 6) is 0.811. The maximum absolute atomic E-state index is 12.5. The van der Waals surface area contributed by atoms with Crippen molar-refractivity contribution in [2.24, 2.45) is 0 Å². The number of rotatable bonds is 5. The fourth-order valence-electron chi connectivity index (χ4n) is 3.57. The number of carbonyl (C=O) groups is 2. The number of benzene rings is 2. The number of amides is 2. The van der Waals surface area contributed by atoms with E-state index in [0.29, 0.717) is 43.5 Å². The number of anilines is 1. The summed E-state index contributed by atoms with van der Waals surface area (Å²) in [5.41, 5.74) is 1.87. The van der Waals surface area contributed by atoms with Gasteiger partial charge < -0.3 is 19.7 Å². The van der Waals surface area contributed by atoms with E-state index in [9.17, 15) is 9.59 Å². The quantitative estimate of drug-likeness (QED) is 0.786. The summed E-state index contributed by atoms with van der Waals surface area (Å²) in [6, 6.07) is 15.5. The zero-order valence-electron chi connectivity index (χ0n) is 16.3. The van der Waals surface area contributed by atoms with Crippen LogP contribution in [0.3, 0.4) is 0 Å². The van der Waals surface area contributed by atoms with Crippen molar-refractivity contribution >= 4 is 17.5 Å². The van der Waals surface area contributed by atoms with Crippen LogP contribution in [0.4, 0.5) is 5.69 Å². The molecular formula is C22H25N3O4. The molecular weight excluding hydrogens is 370 g/mol. The largest absolute Gasteiger partial charge is 0.486 e. The lowest BCUT2D eigenvalue weighted by atomic mass is 10.2. The first-order valence-electron chi connectivity index (χ1n) is 9.91. The van der Waals surface area contributed by atoms with Crippen LogP contribution in [0.1, 0.15) is 12.0 Å². The fraction of sp³-hybridized carbons (Fsp3) is 0.364. The van der Waals surface area contributed by atoms with E-state index in [0.717, 1.165) is 19.6 Å². The second-order valence-electron chi connectivity index (χ2n) is 7.23. The summed E-state index contributed by atoms with van der Waals surface area (Å²) < 4.78 is 11.0. The molecule has 4 rings (SSSR count). The molecule has 1 N–H and O–H groups in total. The third kappa shape index (κ3) is 5.06. The Labute approximate surface area is 170 Å². The number of nitrogens with zero attached hydrogens (tertiary/aromatic N) is 2. The molecule has 7 heteroatoms. The highest BCUT2D eigenvalue weighted by Gasteiger charge is 2.23. The van der Waals surface area contributed by atoms with Crippen molar-refractivity contribution in [3.63, 3.8) is 0 Å². The maximum Gasteiger partial charge on any atom is 0.233 e. The average Bonchev–Trinajstić information content (AvgIpc) is 2.75. The lowest BCUT2D eigenvalue weighted by Gasteiger charge is -2.34. The molecule has 0 saturated carbocycles. The van der Waals surface area contributed by atoms with Crippen LogP contribution in [-0.4, -0.2) is 61.0 Å². The molecule has 1 fully saturated rings. The number of hydrogen-bond donors (Lipinski definition) is 1. The van der Waals surface area contributed by atoms with Crippen molar-refractivity contribution in [3.8, 4) is 11.5 Å². The Hall–Kier alpha value is -3.06. The lowest BCUT2D eigenvalue weighted by molar-refractivity contribution is -0.136. The van der Waals surface area contributed by atoms with Crippen LogP contribution in [-0.2, 0) is 16.1 Å². The molecule has 152 valence electrons. The van der Waals surface area contributed by atoms with E-state index in [1.807, 2.05) is 18.2 Å². The van der Waals surface area contributed by atoms with Gasteiger partial charge in [0.25, 0.3) is 0 Å². The first-order chi connectivity index (χ1) is 14.2. The van der Waals surface area contributed by atoms with Crippen LogP contribution in [0.25, 0.3) is 0 Å². The van der Waals surface area contributed by atoms with Crippen LogP contribution >= 0.6 is 0 Å². The maximum atomic E-state index is 12.5. The first kappa shape index (κ1) is 19.3. The topological polar surface area (TPSA) is 71.1 Å². The van der Waals surface area contributed by atoms with Gasteiger partial charge in [-0.3, -0.25) is 14.5 Å². The standard InChI is InChI=1S/C22H25N3O4/c26-21(23-18-6-7-19-20(14-18)29-13-12-28-19)15-22(27)25-10-8-24(9-11-25)16-17-4-2-1-3-5-17/h1-7,14H,8-13,15-16H2,(H,23,26). The Kier molecular flexibility index (Phi) is 5.95. The first-order valence-corrected chi connectivity index (χ1v) is 9.91. The van der Waals surface area contributed by atoms with Gasteiger partial charge in [0.1, 0.15) is 19.6 Å². The van der Waals surface area contributed by atoms with Crippen molar-refractivity contribution in [1.82, 2.24) is 9.80 Å². The van der Waals surface area contributed by atoms with Gasteiger partial charge >= 0.3 is 0 Å². The van der Waals surface area contributed by atoms with E-state index in [2.05, 4.69) is 22.3 Å². The number of fused-ring (bicyclic) bond motifs is 1. The zero-order chi connectivity index (χ0) is 20.1. The highest BCUT2D eigenvalue weighted by Crippen LogP contribution is 2.32. The summed E-state index contributed by atoms with van der Waals surface area (Å²) in [5, 5.41) is 2.77. The van der Waals surface area contributed by atoms with E-state index in [1.54, 1.807) is 23.1 Å². The van der Waals surface area contributed by atoms with Gasteiger partial charge in [0.2, 0.25) is 11.8 Å². The van der Waals surface area contributed by atoms with Gasteiger partial charge in [0.05, 0.1) is 0 Å². The molecule has 0 aliphatic carbocycles. The molecule has 0 aromatic heterocycles. The van der Waals surface area contributed by atoms with E-state index >= 15 is 0 Å². The summed E-state index contributed by atoms with van der Waals surface area (Å²) in [6.07, 6.45) is -0.160. The highest BCUT2D eigenvalue weighted by atomic mass is 16.6. The predicted octanol–water partition coefficient (Wildman–Crippen LogP) is 2.13. The van der Waals surface area contributed by atoms with Crippen LogP contribution in [0, 0.1) is 0 Å². The number of carbonyl (C=O) groups excluding carboxylic acids is 2. The molecule has 2 aromatic carbocycles. The minimum absolute atomic E-state index is 0.139. The lowest BCUT2D eigenvalue weighted by Crippen LogP contribution is -2.48. The van der Waals surface area contributed by atoms with Gasteiger partial charge in [-0.05, 0) is 17.7 Å². The summed E-state index contributed by atoms with van der Waals surface area (Å²) in [6.45, 7) is 4.79. The number of nitrogens with one attached hydrogen (secondary N) is 1. The number of hydrogen-bond acceptors (Lipinski definition) is 5. The van der Waals surface area contributed by atoms with Gasteiger partial charge in [-0.2, -0.15) is 0 Å². The molecule has 2 aliphatic heterocycles. The van der Waals surface area contributed by atoms with Crippen LogP contribution in [0.5, 0.6) is 11.5 Å². The Morgan fingerprint density at radius 3 is 2.38 bits per heavy atom. The molecule has 2 heterocycles. The van der Waals surface area contributed by atoms with E-state index in [-0.39, 0.29) is 18.2 Å². The normalized spacial score (nSPS) is 16.3. The molecule has 2 aromatic rings. The molecule has 0 unspecified atom stereocenters. The van der Waals surface area contributed by atoms with E-state index in [4.69, 9.17) is 9.47 Å². The van der Waals surface area contributed by atoms with Gasteiger partial charge in [0, 0.05) is 44.5 Å². The predicted molar refractivity (Wildman–Crippen MR) is 109 cm³/mol. The molecule has 0 atom stereocenters. The summed E-state index contributed by atoms with van der Waals surface area (Å²) >= 11 is 0.